The molecule has 3 heterocycles. The molecule has 0 radical (unpaired) electrons. The maximum Gasteiger partial charge on any atom is 0.301 e. The second-order valence-corrected chi connectivity index (χ2v) is 9.76. The van der Waals surface area contributed by atoms with Gasteiger partial charge in [0.2, 0.25) is 0 Å². The molecule has 7 nitrogen and oxygen atoms in total. The first kappa shape index (κ1) is 23.9. The number of pyridine rings is 1. The minimum atomic E-state index is -1.02. The number of hydrogen-bond donors (Lipinski definition) is 1. The molecule has 2 aromatic heterocycles. The Kier molecular flexibility index (Phi) is 5.97. The van der Waals surface area contributed by atoms with Gasteiger partial charge in [0.15, 0.2) is 5.13 Å². The Morgan fingerprint density at radius 2 is 2.00 bits per heavy atom. The molecular weight excluding hydrogens is 505 g/mol. The van der Waals surface area contributed by atoms with Crippen LogP contribution in [0.15, 0.2) is 54.4 Å². The highest BCUT2D eigenvalue weighted by Gasteiger charge is 2.48. The molecule has 0 saturated carbocycles. The fourth-order valence-corrected chi connectivity index (χ4v) is 5.60. The van der Waals surface area contributed by atoms with Crippen molar-refractivity contribution >= 4 is 55.7 Å². The molecule has 1 unspecified atom stereocenters. The van der Waals surface area contributed by atoms with Crippen molar-refractivity contribution in [3.8, 4) is 5.75 Å². The first-order chi connectivity index (χ1) is 17.2. The van der Waals surface area contributed by atoms with Crippen molar-refractivity contribution < 1.29 is 23.8 Å². The number of aryl methyl sites for hydroxylation is 2. The standard InChI is InChI=1S/C26H19ClFN3O4S/c1-12-7-13(2)24(35-3)15(8-12)22(32)20-21(14-5-4-6-29-11-14)31(25(34)23(20)33)26-30-18-9-16(27)17(28)10-19(18)36-26/h4-11,21,32H,1-3H3/b22-20+. The van der Waals surface area contributed by atoms with Gasteiger partial charge in [0.05, 0.1) is 39.5 Å². The number of aliphatic hydroxyl groups is 1. The molecule has 1 N–H and O–H groups in total. The first-order valence-corrected chi connectivity index (χ1v) is 12.0. The lowest BCUT2D eigenvalue weighted by atomic mass is 9.94. The Hall–Kier alpha value is -3.82. The predicted molar refractivity (Wildman–Crippen MR) is 136 cm³/mol. The number of fused-ring (bicyclic) bond motifs is 1. The number of benzene rings is 2. The molecule has 10 heteroatoms. The summed E-state index contributed by atoms with van der Waals surface area (Å²) in [4.78, 5) is 36.6. The molecular formula is C26H19ClFN3O4S. The highest BCUT2D eigenvalue weighted by Crippen LogP contribution is 2.45. The number of halogens is 2. The van der Waals surface area contributed by atoms with Crippen molar-refractivity contribution in [1.82, 2.24) is 9.97 Å². The van der Waals surface area contributed by atoms with Gasteiger partial charge in [0.25, 0.3) is 5.78 Å². The number of amides is 1. The summed E-state index contributed by atoms with van der Waals surface area (Å²) in [5.41, 5.74) is 2.64. The summed E-state index contributed by atoms with van der Waals surface area (Å²) < 4.78 is 20.0. The molecule has 2 aromatic carbocycles. The Labute approximate surface area is 214 Å². The third-order valence-electron chi connectivity index (χ3n) is 5.95. The van der Waals surface area contributed by atoms with E-state index in [9.17, 15) is 19.1 Å². The number of aliphatic hydroxyl groups excluding tert-OH is 1. The van der Waals surface area contributed by atoms with E-state index in [0.29, 0.717) is 27.1 Å². The second kappa shape index (κ2) is 9.00. The SMILES string of the molecule is COc1c(C)cc(C)cc1/C(O)=C1\C(=O)C(=O)N(c2nc3cc(Cl)c(F)cc3s2)C1c1cccnc1. The maximum absolute atomic E-state index is 14.1. The van der Waals surface area contributed by atoms with Gasteiger partial charge in [-0.2, -0.15) is 0 Å². The van der Waals surface area contributed by atoms with E-state index in [-0.39, 0.29) is 21.5 Å². The van der Waals surface area contributed by atoms with E-state index in [1.807, 2.05) is 19.9 Å². The van der Waals surface area contributed by atoms with Gasteiger partial charge < -0.3 is 9.84 Å². The highest BCUT2D eigenvalue weighted by molar-refractivity contribution is 7.22. The largest absolute Gasteiger partial charge is 0.507 e. The molecule has 0 bridgehead atoms. The van der Waals surface area contributed by atoms with Crippen LogP contribution in [0.3, 0.4) is 0 Å². The van der Waals surface area contributed by atoms with E-state index in [2.05, 4.69) is 9.97 Å². The van der Waals surface area contributed by atoms with Gasteiger partial charge in [0, 0.05) is 12.4 Å². The van der Waals surface area contributed by atoms with Crippen molar-refractivity contribution in [2.24, 2.45) is 0 Å². The molecule has 4 aromatic rings. The van der Waals surface area contributed by atoms with Gasteiger partial charge >= 0.3 is 5.91 Å². The molecule has 5 rings (SSSR count). The van der Waals surface area contributed by atoms with Crippen molar-refractivity contribution in [3.05, 3.63) is 87.5 Å². The number of thiazole rings is 1. The number of Topliss-reactive ketones (excluding diaryl/α,β-unsaturated/α-hetero) is 1. The van der Waals surface area contributed by atoms with Gasteiger partial charge in [-0.1, -0.05) is 35.1 Å². The fraction of sp³-hybridized carbons (Fsp3) is 0.154. The fourth-order valence-electron chi connectivity index (χ4n) is 4.44. The van der Waals surface area contributed by atoms with Crippen LogP contribution >= 0.6 is 22.9 Å². The Bertz CT molecular complexity index is 1550. The lowest BCUT2D eigenvalue weighted by Crippen LogP contribution is -2.29. The predicted octanol–water partition coefficient (Wildman–Crippen LogP) is 5.74. The van der Waals surface area contributed by atoms with Crippen LogP contribution < -0.4 is 9.64 Å². The summed E-state index contributed by atoms with van der Waals surface area (Å²) in [5, 5.41) is 11.5. The lowest BCUT2D eigenvalue weighted by Gasteiger charge is -2.23. The summed E-state index contributed by atoms with van der Waals surface area (Å²) in [6.07, 6.45) is 3.07. The van der Waals surface area contributed by atoms with Crippen molar-refractivity contribution in [3.63, 3.8) is 0 Å². The lowest BCUT2D eigenvalue weighted by molar-refractivity contribution is -0.132. The molecule has 1 amide bonds. The Morgan fingerprint density at radius 1 is 1.22 bits per heavy atom. The van der Waals surface area contributed by atoms with Crippen molar-refractivity contribution in [2.45, 2.75) is 19.9 Å². The quantitative estimate of drug-likeness (QED) is 0.208. The molecule has 1 aliphatic heterocycles. The topological polar surface area (TPSA) is 92.6 Å². The summed E-state index contributed by atoms with van der Waals surface area (Å²) in [6.45, 7) is 3.68. The Morgan fingerprint density at radius 3 is 2.69 bits per heavy atom. The van der Waals surface area contributed by atoms with Gasteiger partial charge in [-0.25, -0.2) is 9.37 Å². The number of aromatic nitrogens is 2. The zero-order chi connectivity index (χ0) is 25.7. The number of ether oxygens (including phenoxy) is 1. The van der Waals surface area contributed by atoms with Crippen LogP contribution in [0.25, 0.3) is 16.0 Å². The van der Waals surface area contributed by atoms with Crippen LogP contribution in [0.1, 0.15) is 28.3 Å². The molecule has 182 valence electrons. The van der Waals surface area contributed by atoms with E-state index < -0.39 is 23.5 Å². The number of anilines is 1. The minimum absolute atomic E-state index is 0.105. The number of nitrogens with zero attached hydrogens (tertiary/aromatic N) is 3. The highest BCUT2D eigenvalue weighted by atomic mass is 35.5. The second-order valence-electron chi connectivity index (χ2n) is 8.35. The minimum Gasteiger partial charge on any atom is -0.507 e. The van der Waals surface area contributed by atoms with Crippen LogP contribution in [0.5, 0.6) is 5.75 Å². The normalized spacial score (nSPS) is 17.2. The number of ketones is 1. The molecule has 1 aliphatic rings. The number of carbonyl (C=O) groups excluding carboxylic acids is 2. The molecule has 0 aliphatic carbocycles. The third kappa shape index (κ3) is 3.81. The number of methoxy groups -OCH3 is 1. The van der Waals surface area contributed by atoms with E-state index in [0.717, 1.165) is 22.5 Å². The molecule has 36 heavy (non-hydrogen) atoms. The van der Waals surface area contributed by atoms with E-state index >= 15 is 0 Å². The summed E-state index contributed by atoms with van der Waals surface area (Å²) in [5.74, 6) is -2.36. The van der Waals surface area contributed by atoms with Gasteiger partial charge in [-0.05, 0) is 54.8 Å². The van der Waals surface area contributed by atoms with E-state index in [1.54, 1.807) is 24.4 Å². The first-order valence-electron chi connectivity index (χ1n) is 10.8. The van der Waals surface area contributed by atoms with Crippen LogP contribution in [-0.2, 0) is 9.59 Å². The average molecular weight is 524 g/mol. The molecule has 1 fully saturated rings. The van der Waals surface area contributed by atoms with Crippen molar-refractivity contribution in [1.29, 1.82) is 0 Å². The number of carbonyl (C=O) groups is 2. The van der Waals surface area contributed by atoms with E-state index in [1.165, 1.54) is 30.3 Å². The monoisotopic (exact) mass is 523 g/mol. The molecule has 0 spiro atoms. The third-order valence-corrected chi connectivity index (χ3v) is 7.26. The van der Waals surface area contributed by atoms with Crippen LogP contribution in [0, 0.1) is 19.7 Å². The average Bonchev–Trinajstić information content (AvgIpc) is 3.36. The Balaban J connectivity index is 1.77. The summed E-state index contributed by atoms with van der Waals surface area (Å²) in [6, 6.07) is 8.52. The smallest absolute Gasteiger partial charge is 0.301 e. The maximum atomic E-state index is 14.1. The van der Waals surface area contributed by atoms with Crippen LogP contribution in [0.4, 0.5) is 9.52 Å². The molecule has 1 atom stereocenters. The van der Waals surface area contributed by atoms with Crippen LogP contribution in [-0.4, -0.2) is 33.9 Å². The van der Waals surface area contributed by atoms with Gasteiger partial charge in [-0.15, -0.1) is 0 Å². The number of rotatable bonds is 4. The number of hydrogen-bond acceptors (Lipinski definition) is 7. The zero-order valence-corrected chi connectivity index (χ0v) is 20.9. The van der Waals surface area contributed by atoms with E-state index in [4.69, 9.17) is 16.3 Å². The zero-order valence-electron chi connectivity index (χ0n) is 19.4. The van der Waals surface area contributed by atoms with Crippen LogP contribution in [0.2, 0.25) is 5.02 Å². The molecule has 1 saturated heterocycles. The van der Waals surface area contributed by atoms with Gasteiger partial charge in [-0.3, -0.25) is 19.5 Å². The van der Waals surface area contributed by atoms with Crippen molar-refractivity contribution in [2.75, 3.05) is 12.0 Å². The summed E-state index contributed by atoms with van der Waals surface area (Å²) in [7, 11) is 1.47. The summed E-state index contributed by atoms with van der Waals surface area (Å²) >= 11 is 6.95. The van der Waals surface area contributed by atoms with Gasteiger partial charge in [0.1, 0.15) is 17.3 Å².